The molecule has 0 unspecified atom stereocenters. The standard InChI is InChI=1S/C10H20N2O2.C6H8N2O2S/c1-10(2,3)14-9(13)12-8-5-4-6-11-7-8;1-11(9,10)5-2-3-6(7)8-4-5/h8,11H,4-7H2,1-3H3,(H,12,13);2-4H,1H3,(H2,7,8)/t8-;/m1./s1. The SMILES string of the molecule is CC(C)(C)OC(=O)N[C@@H]1CCCNC1.CS(=O)(=O)c1ccc(N)nc1. The molecule has 1 aliphatic heterocycles. The number of carbonyl (C=O) groups is 1. The molecule has 142 valence electrons. The van der Waals surface area contributed by atoms with Crippen molar-refractivity contribution in [2.75, 3.05) is 25.1 Å². The van der Waals surface area contributed by atoms with Crippen LogP contribution < -0.4 is 16.4 Å². The van der Waals surface area contributed by atoms with E-state index in [1.165, 1.54) is 18.3 Å². The molecule has 0 spiro atoms. The monoisotopic (exact) mass is 372 g/mol. The van der Waals surface area contributed by atoms with Gasteiger partial charge in [-0.1, -0.05) is 0 Å². The summed E-state index contributed by atoms with van der Waals surface area (Å²) in [7, 11) is -3.14. The Hall–Kier alpha value is -1.87. The zero-order valence-corrected chi connectivity index (χ0v) is 16.0. The fraction of sp³-hybridized carbons (Fsp3) is 0.625. The van der Waals surface area contributed by atoms with Crippen LogP contribution in [0.3, 0.4) is 0 Å². The molecule has 2 heterocycles. The maximum absolute atomic E-state index is 11.4. The normalized spacial score (nSPS) is 17.8. The van der Waals surface area contributed by atoms with Crippen LogP contribution >= 0.6 is 0 Å². The van der Waals surface area contributed by atoms with Gasteiger partial charge in [0.15, 0.2) is 9.84 Å². The smallest absolute Gasteiger partial charge is 0.407 e. The van der Waals surface area contributed by atoms with E-state index in [-0.39, 0.29) is 17.0 Å². The zero-order valence-electron chi connectivity index (χ0n) is 15.2. The maximum Gasteiger partial charge on any atom is 0.407 e. The minimum atomic E-state index is -3.14. The minimum absolute atomic E-state index is 0.187. The first kappa shape index (κ1) is 21.2. The second-order valence-corrected chi connectivity index (χ2v) is 8.90. The van der Waals surface area contributed by atoms with E-state index in [1.54, 1.807) is 0 Å². The average molecular weight is 372 g/mol. The fourth-order valence-electron chi connectivity index (χ4n) is 2.06. The molecule has 1 aliphatic rings. The van der Waals surface area contributed by atoms with E-state index in [4.69, 9.17) is 10.5 Å². The lowest BCUT2D eigenvalue weighted by Crippen LogP contribution is -2.47. The van der Waals surface area contributed by atoms with Gasteiger partial charge in [0.25, 0.3) is 0 Å². The second-order valence-electron chi connectivity index (χ2n) is 6.88. The van der Waals surface area contributed by atoms with Crippen LogP contribution in [0.5, 0.6) is 0 Å². The van der Waals surface area contributed by atoms with Crippen molar-refractivity contribution >= 4 is 21.7 Å². The number of nitrogens with two attached hydrogens (primary N) is 1. The molecule has 1 amide bonds. The topological polar surface area (TPSA) is 123 Å². The molecule has 0 aliphatic carbocycles. The lowest BCUT2D eigenvalue weighted by atomic mass is 10.1. The van der Waals surface area contributed by atoms with Gasteiger partial charge in [0.05, 0.1) is 4.90 Å². The number of aromatic nitrogens is 1. The highest BCUT2D eigenvalue weighted by molar-refractivity contribution is 7.90. The Kier molecular flexibility index (Phi) is 7.62. The van der Waals surface area contributed by atoms with Crippen LogP contribution in [-0.4, -0.2) is 50.5 Å². The van der Waals surface area contributed by atoms with Crippen LogP contribution in [0.2, 0.25) is 0 Å². The van der Waals surface area contributed by atoms with E-state index in [2.05, 4.69) is 15.6 Å². The molecular formula is C16H28N4O4S. The van der Waals surface area contributed by atoms with Crippen LogP contribution in [-0.2, 0) is 14.6 Å². The number of nitrogens with one attached hydrogen (secondary N) is 2. The lowest BCUT2D eigenvalue weighted by molar-refractivity contribution is 0.0497. The Labute approximate surface area is 149 Å². The predicted molar refractivity (Wildman–Crippen MR) is 97.0 cm³/mol. The van der Waals surface area contributed by atoms with Crippen molar-refractivity contribution in [1.82, 2.24) is 15.6 Å². The molecule has 8 nitrogen and oxygen atoms in total. The number of hydrogen-bond donors (Lipinski definition) is 3. The number of hydrogen-bond acceptors (Lipinski definition) is 7. The number of nitrogens with zero attached hydrogens (tertiary/aromatic N) is 1. The summed E-state index contributed by atoms with van der Waals surface area (Å²) in [6.07, 6.45) is 4.20. The summed E-state index contributed by atoms with van der Waals surface area (Å²) < 4.78 is 26.9. The molecule has 1 aromatic rings. The van der Waals surface area contributed by atoms with Crippen LogP contribution in [0.1, 0.15) is 33.6 Å². The summed E-state index contributed by atoms with van der Waals surface area (Å²) >= 11 is 0. The Balaban J connectivity index is 0.000000257. The molecule has 2 rings (SSSR count). The van der Waals surface area contributed by atoms with Gasteiger partial charge in [-0.25, -0.2) is 18.2 Å². The van der Waals surface area contributed by atoms with Crippen molar-refractivity contribution < 1.29 is 17.9 Å². The van der Waals surface area contributed by atoms with Crippen LogP contribution in [0, 0.1) is 0 Å². The number of piperidine rings is 1. The zero-order chi connectivity index (χ0) is 19.1. The van der Waals surface area contributed by atoms with Crippen molar-refractivity contribution in [3.63, 3.8) is 0 Å². The first-order valence-corrected chi connectivity index (χ1v) is 9.98. The Morgan fingerprint density at radius 3 is 2.52 bits per heavy atom. The number of anilines is 1. The summed E-state index contributed by atoms with van der Waals surface area (Å²) in [4.78, 5) is 15.2. The van der Waals surface area contributed by atoms with E-state index < -0.39 is 15.4 Å². The minimum Gasteiger partial charge on any atom is -0.444 e. The Morgan fingerprint density at radius 1 is 1.40 bits per heavy atom. The van der Waals surface area contributed by atoms with Gasteiger partial charge in [-0.15, -0.1) is 0 Å². The number of carbonyl (C=O) groups excluding carboxylic acids is 1. The van der Waals surface area contributed by atoms with Crippen molar-refractivity contribution in [1.29, 1.82) is 0 Å². The molecule has 0 aromatic carbocycles. The van der Waals surface area contributed by atoms with Gasteiger partial charge in [0.1, 0.15) is 11.4 Å². The quantitative estimate of drug-likeness (QED) is 0.715. The van der Waals surface area contributed by atoms with Gasteiger partial charge in [-0.2, -0.15) is 0 Å². The molecule has 9 heteroatoms. The largest absolute Gasteiger partial charge is 0.444 e. The van der Waals surface area contributed by atoms with E-state index in [0.717, 1.165) is 32.2 Å². The molecular weight excluding hydrogens is 344 g/mol. The summed E-state index contributed by atoms with van der Waals surface area (Å²) in [5.41, 5.74) is 4.85. The maximum atomic E-state index is 11.4. The van der Waals surface area contributed by atoms with E-state index in [1.807, 2.05) is 20.8 Å². The highest BCUT2D eigenvalue weighted by Gasteiger charge is 2.20. The van der Waals surface area contributed by atoms with Gasteiger partial charge in [-0.05, 0) is 52.3 Å². The molecule has 4 N–H and O–H groups in total. The number of ether oxygens (including phenoxy) is 1. The first-order valence-electron chi connectivity index (χ1n) is 8.09. The summed E-state index contributed by atoms with van der Waals surface area (Å²) in [6.45, 7) is 7.49. The lowest BCUT2D eigenvalue weighted by Gasteiger charge is -2.26. The molecule has 0 radical (unpaired) electrons. The van der Waals surface area contributed by atoms with Crippen molar-refractivity contribution in [3.8, 4) is 0 Å². The molecule has 0 bridgehead atoms. The van der Waals surface area contributed by atoms with Crippen LogP contribution in [0.15, 0.2) is 23.2 Å². The molecule has 1 atom stereocenters. The number of nitrogen functional groups attached to an aromatic ring is 1. The summed E-state index contributed by atoms with van der Waals surface area (Å²) in [5.74, 6) is 0.317. The van der Waals surface area contributed by atoms with Gasteiger partial charge in [-0.3, -0.25) is 0 Å². The number of sulfone groups is 1. The fourth-order valence-corrected chi connectivity index (χ4v) is 2.62. The van der Waals surface area contributed by atoms with Crippen molar-refractivity contribution in [2.24, 2.45) is 0 Å². The van der Waals surface area contributed by atoms with E-state index in [0.29, 0.717) is 5.82 Å². The van der Waals surface area contributed by atoms with Gasteiger partial charge in [0, 0.05) is 25.0 Å². The van der Waals surface area contributed by atoms with Gasteiger partial charge < -0.3 is 21.1 Å². The highest BCUT2D eigenvalue weighted by Crippen LogP contribution is 2.08. The second kappa shape index (κ2) is 9.00. The molecule has 25 heavy (non-hydrogen) atoms. The molecule has 1 fully saturated rings. The third-order valence-corrected chi connectivity index (χ3v) is 4.30. The summed E-state index contributed by atoms with van der Waals surface area (Å²) in [6, 6.07) is 3.10. The third-order valence-electron chi connectivity index (χ3n) is 3.21. The molecule has 1 aromatic heterocycles. The molecule has 0 saturated carbocycles. The molecule has 1 saturated heterocycles. The number of amides is 1. The number of rotatable bonds is 2. The third kappa shape index (κ3) is 9.25. The highest BCUT2D eigenvalue weighted by atomic mass is 32.2. The number of pyridine rings is 1. The number of alkyl carbamates (subject to hydrolysis) is 1. The Bertz CT molecular complexity index is 648. The first-order chi connectivity index (χ1) is 11.5. The van der Waals surface area contributed by atoms with Crippen molar-refractivity contribution in [2.45, 2.75) is 50.2 Å². The van der Waals surface area contributed by atoms with Crippen LogP contribution in [0.4, 0.5) is 10.6 Å². The van der Waals surface area contributed by atoms with E-state index in [9.17, 15) is 13.2 Å². The van der Waals surface area contributed by atoms with E-state index >= 15 is 0 Å². The van der Waals surface area contributed by atoms with Crippen LogP contribution in [0.25, 0.3) is 0 Å². The van der Waals surface area contributed by atoms with Gasteiger partial charge in [0.2, 0.25) is 0 Å². The average Bonchev–Trinajstić information content (AvgIpc) is 2.46. The van der Waals surface area contributed by atoms with Gasteiger partial charge >= 0.3 is 6.09 Å². The summed E-state index contributed by atoms with van der Waals surface area (Å²) in [5, 5.41) is 6.08. The van der Waals surface area contributed by atoms with Crippen molar-refractivity contribution in [3.05, 3.63) is 18.3 Å². The Morgan fingerprint density at radius 2 is 2.08 bits per heavy atom. The predicted octanol–water partition coefficient (Wildman–Crippen LogP) is 1.33.